The van der Waals surface area contributed by atoms with Crippen molar-refractivity contribution in [3.8, 4) is 11.1 Å². The highest BCUT2D eigenvalue weighted by Gasteiger charge is 2.41. The number of carboxylic acid groups (broad SMARTS) is 1. The van der Waals surface area contributed by atoms with Crippen LogP contribution in [0.3, 0.4) is 0 Å². The molecule has 1 fully saturated rings. The summed E-state index contributed by atoms with van der Waals surface area (Å²) >= 11 is 0. The zero-order valence-corrected chi connectivity index (χ0v) is 17.2. The minimum atomic E-state index is -1.09. The summed E-state index contributed by atoms with van der Waals surface area (Å²) in [6.07, 6.45) is 2.39. The molecule has 31 heavy (non-hydrogen) atoms. The number of carboxylic acids is 1. The van der Waals surface area contributed by atoms with E-state index in [2.05, 4.69) is 34.9 Å². The summed E-state index contributed by atoms with van der Waals surface area (Å²) in [5.74, 6) is -1.45. The van der Waals surface area contributed by atoms with Crippen LogP contribution >= 0.6 is 0 Å². The van der Waals surface area contributed by atoms with Crippen LogP contribution in [0.5, 0.6) is 0 Å². The van der Waals surface area contributed by atoms with Gasteiger partial charge in [-0.25, -0.2) is 4.79 Å². The van der Waals surface area contributed by atoms with Crippen LogP contribution in [0.4, 0.5) is 4.79 Å². The molecular formula is C24H26N2O5. The van der Waals surface area contributed by atoms with E-state index in [0.29, 0.717) is 12.8 Å². The molecule has 0 atom stereocenters. The second-order valence-electron chi connectivity index (χ2n) is 8.24. The maximum atomic E-state index is 12.6. The molecule has 3 N–H and O–H groups in total. The van der Waals surface area contributed by atoms with E-state index in [0.717, 1.165) is 35.1 Å². The number of rotatable bonds is 7. The van der Waals surface area contributed by atoms with E-state index in [1.165, 1.54) is 0 Å². The topological polar surface area (TPSA) is 105 Å². The lowest BCUT2D eigenvalue weighted by molar-refractivity contribution is -0.140. The fourth-order valence-electron chi connectivity index (χ4n) is 4.77. The van der Waals surface area contributed by atoms with Gasteiger partial charge in [-0.05, 0) is 35.1 Å². The predicted octanol–water partition coefficient (Wildman–Crippen LogP) is 3.29. The van der Waals surface area contributed by atoms with Gasteiger partial charge in [-0.1, -0.05) is 61.4 Å². The number of ether oxygens (including phenoxy) is 1. The summed E-state index contributed by atoms with van der Waals surface area (Å²) < 4.78 is 5.55. The monoisotopic (exact) mass is 422 g/mol. The minimum absolute atomic E-state index is 0.0301. The zero-order chi connectivity index (χ0) is 21.8. The predicted molar refractivity (Wildman–Crippen MR) is 115 cm³/mol. The summed E-state index contributed by atoms with van der Waals surface area (Å²) in [7, 11) is 0. The minimum Gasteiger partial charge on any atom is -0.480 e. The number of nitrogens with one attached hydrogen (secondary N) is 2. The van der Waals surface area contributed by atoms with Crippen LogP contribution in [0, 0.1) is 5.41 Å². The second kappa shape index (κ2) is 8.79. The smallest absolute Gasteiger partial charge is 0.407 e. The third kappa shape index (κ3) is 4.26. The van der Waals surface area contributed by atoms with Gasteiger partial charge in [-0.2, -0.15) is 0 Å². The molecule has 4 rings (SSSR count). The lowest BCUT2D eigenvalue weighted by Crippen LogP contribution is -2.48. The number of aliphatic carboxylic acids is 1. The van der Waals surface area contributed by atoms with E-state index in [1.54, 1.807) is 0 Å². The Hall–Kier alpha value is -3.35. The molecule has 2 amide bonds. The molecule has 2 aliphatic carbocycles. The number of hydrogen-bond acceptors (Lipinski definition) is 4. The van der Waals surface area contributed by atoms with Crippen LogP contribution in [0.25, 0.3) is 11.1 Å². The molecule has 0 aliphatic heterocycles. The van der Waals surface area contributed by atoms with Crippen LogP contribution in [0.2, 0.25) is 0 Å². The van der Waals surface area contributed by atoms with Crippen LogP contribution in [-0.4, -0.2) is 42.8 Å². The van der Waals surface area contributed by atoms with Crippen LogP contribution in [-0.2, 0) is 14.3 Å². The van der Waals surface area contributed by atoms with E-state index in [-0.39, 0.29) is 25.0 Å². The van der Waals surface area contributed by atoms with Gasteiger partial charge in [0.15, 0.2) is 0 Å². The first-order chi connectivity index (χ1) is 15.0. The highest BCUT2D eigenvalue weighted by atomic mass is 16.5. The van der Waals surface area contributed by atoms with Crippen LogP contribution in [0.15, 0.2) is 48.5 Å². The molecule has 7 nitrogen and oxygen atoms in total. The molecule has 7 heteroatoms. The molecule has 162 valence electrons. The summed E-state index contributed by atoms with van der Waals surface area (Å²) in [4.78, 5) is 35.8. The Bertz CT molecular complexity index is 951. The maximum absolute atomic E-state index is 12.6. The number of benzene rings is 2. The van der Waals surface area contributed by atoms with Crippen molar-refractivity contribution in [3.63, 3.8) is 0 Å². The Kier molecular flexibility index (Phi) is 5.93. The lowest BCUT2D eigenvalue weighted by Gasteiger charge is -2.27. The van der Waals surface area contributed by atoms with Gasteiger partial charge in [0, 0.05) is 12.5 Å². The van der Waals surface area contributed by atoms with Crippen molar-refractivity contribution in [2.75, 3.05) is 19.7 Å². The van der Waals surface area contributed by atoms with Crippen molar-refractivity contribution in [1.29, 1.82) is 0 Å². The fourth-order valence-corrected chi connectivity index (χ4v) is 4.77. The molecule has 0 aromatic heterocycles. The Balaban J connectivity index is 1.37. The summed E-state index contributed by atoms with van der Waals surface area (Å²) in [5.41, 5.74) is 3.81. The third-order valence-corrected chi connectivity index (χ3v) is 6.36. The average Bonchev–Trinajstić information content (AvgIpc) is 3.38. The number of hydrogen-bond donors (Lipinski definition) is 3. The number of carbonyl (C=O) groups excluding carboxylic acids is 2. The average molecular weight is 422 g/mol. The van der Waals surface area contributed by atoms with Crippen molar-refractivity contribution in [1.82, 2.24) is 10.6 Å². The van der Waals surface area contributed by atoms with Crippen molar-refractivity contribution in [2.45, 2.75) is 31.6 Å². The Labute approximate surface area is 180 Å². The van der Waals surface area contributed by atoms with E-state index in [1.807, 2.05) is 24.3 Å². The van der Waals surface area contributed by atoms with E-state index >= 15 is 0 Å². The molecule has 1 saturated carbocycles. The van der Waals surface area contributed by atoms with Crippen molar-refractivity contribution < 1.29 is 24.2 Å². The van der Waals surface area contributed by atoms with Crippen LogP contribution < -0.4 is 10.6 Å². The lowest BCUT2D eigenvalue weighted by atomic mass is 9.85. The number of alkyl carbamates (subject to hydrolysis) is 1. The van der Waals surface area contributed by atoms with Gasteiger partial charge in [-0.15, -0.1) is 0 Å². The number of carbonyl (C=O) groups is 3. The molecule has 2 aromatic carbocycles. The molecule has 0 unspecified atom stereocenters. The Morgan fingerprint density at radius 2 is 1.52 bits per heavy atom. The van der Waals surface area contributed by atoms with Gasteiger partial charge >= 0.3 is 12.1 Å². The maximum Gasteiger partial charge on any atom is 0.407 e. The number of amides is 2. The van der Waals surface area contributed by atoms with Gasteiger partial charge in [0.05, 0.1) is 5.41 Å². The summed E-state index contributed by atoms with van der Waals surface area (Å²) in [5, 5.41) is 14.0. The fraction of sp³-hybridized carbons (Fsp3) is 0.375. The van der Waals surface area contributed by atoms with Crippen molar-refractivity contribution >= 4 is 18.0 Å². The summed E-state index contributed by atoms with van der Waals surface area (Å²) in [6, 6.07) is 16.2. The Morgan fingerprint density at radius 1 is 0.935 bits per heavy atom. The molecule has 2 aliphatic rings. The van der Waals surface area contributed by atoms with Gasteiger partial charge in [0.1, 0.15) is 13.2 Å². The number of fused-ring (bicyclic) bond motifs is 3. The normalized spacial score (nSPS) is 16.3. The largest absolute Gasteiger partial charge is 0.480 e. The van der Waals surface area contributed by atoms with E-state index in [9.17, 15) is 14.4 Å². The highest BCUT2D eigenvalue weighted by molar-refractivity contribution is 5.86. The molecule has 2 aromatic rings. The summed E-state index contributed by atoms with van der Waals surface area (Å²) in [6.45, 7) is -0.0846. The SMILES string of the molecule is O=C(O)CNC(=O)C1(CNC(=O)OCC2c3ccccc3-c3ccccc32)CCCC1. The molecule has 0 heterocycles. The van der Waals surface area contributed by atoms with E-state index in [4.69, 9.17) is 9.84 Å². The first kappa shape index (κ1) is 20.9. The Morgan fingerprint density at radius 3 is 2.10 bits per heavy atom. The quantitative estimate of drug-likeness (QED) is 0.635. The van der Waals surface area contributed by atoms with Gasteiger partial charge in [-0.3, -0.25) is 9.59 Å². The van der Waals surface area contributed by atoms with Gasteiger partial charge < -0.3 is 20.5 Å². The highest BCUT2D eigenvalue weighted by Crippen LogP contribution is 2.44. The van der Waals surface area contributed by atoms with E-state index < -0.39 is 24.0 Å². The standard InChI is InChI=1S/C24H26N2O5/c27-21(28)13-25-22(29)24(11-5-6-12-24)15-26-23(30)31-14-20-18-9-3-1-7-16(18)17-8-2-4-10-19(17)20/h1-4,7-10,20H,5-6,11-15H2,(H,25,29)(H,26,30)(H,27,28). The molecule has 0 bridgehead atoms. The second-order valence-corrected chi connectivity index (χ2v) is 8.24. The van der Waals surface area contributed by atoms with Crippen LogP contribution in [0.1, 0.15) is 42.7 Å². The molecular weight excluding hydrogens is 396 g/mol. The van der Waals surface area contributed by atoms with Crippen molar-refractivity contribution in [3.05, 3.63) is 59.7 Å². The third-order valence-electron chi connectivity index (χ3n) is 6.36. The molecule has 0 radical (unpaired) electrons. The van der Waals surface area contributed by atoms with Gasteiger partial charge in [0.2, 0.25) is 5.91 Å². The molecule has 0 saturated heterocycles. The first-order valence-electron chi connectivity index (χ1n) is 10.6. The van der Waals surface area contributed by atoms with Gasteiger partial charge in [0.25, 0.3) is 0 Å². The van der Waals surface area contributed by atoms with Crippen molar-refractivity contribution in [2.24, 2.45) is 5.41 Å². The first-order valence-corrected chi connectivity index (χ1v) is 10.6. The molecule has 0 spiro atoms. The zero-order valence-electron chi connectivity index (χ0n) is 17.2.